The molecule has 3 rings (SSSR count). The fourth-order valence-corrected chi connectivity index (χ4v) is 5.79. The van der Waals surface area contributed by atoms with Gasteiger partial charge in [-0.05, 0) is 6.92 Å². The Morgan fingerprint density at radius 2 is 1.90 bits per heavy atom. The van der Waals surface area contributed by atoms with Gasteiger partial charge in [0.2, 0.25) is 5.91 Å². The number of hydrogen-bond acceptors (Lipinski definition) is 6. The van der Waals surface area contributed by atoms with Crippen LogP contribution in [0.2, 0.25) is 0 Å². The number of aliphatic carboxylic acids is 1. The summed E-state index contributed by atoms with van der Waals surface area (Å²) in [6, 6.07) is -0.488. The van der Waals surface area contributed by atoms with Gasteiger partial charge < -0.3 is 46.6 Å². The van der Waals surface area contributed by atoms with Gasteiger partial charge in [-0.25, -0.2) is 0 Å². The molecule has 3 aliphatic heterocycles. The number of rotatable bonds is 5. The van der Waals surface area contributed by atoms with Crippen LogP contribution in [-0.2, 0) is 14.4 Å². The molecule has 2 saturated heterocycles. The van der Waals surface area contributed by atoms with Crippen LogP contribution in [0.15, 0.2) is 10.6 Å². The predicted octanol–water partition coefficient (Wildman–Crippen LogP) is -5.14. The number of quaternary nitrogens is 1. The van der Waals surface area contributed by atoms with Gasteiger partial charge in [0.15, 0.2) is 6.04 Å². The molecule has 12 heteroatoms. The van der Waals surface area contributed by atoms with E-state index in [-0.39, 0.29) is 57.2 Å². The molecule has 0 aromatic heterocycles. The summed E-state index contributed by atoms with van der Waals surface area (Å²) in [5.41, 5.74) is -0.0585. The van der Waals surface area contributed by atoms with Crippen molar-refractivity contribution in [2.75, 3.05) is 20.6 Å². The van der Waals surface area contributed by atoms with E-state index in [0.717, 1.165) is 0 Å². The normalized spacial score (nSPS) is 31.0. The maximum Gasteiger partial charge on any atom is 0.280 e. The largest absolute Gasteiger partial charge is 0.543 e. The SMILES string of the molecule is C[C@@H](O)[C@H]1C(=O)N2C(C(=O)[O-])=C(S[C@@H]3C[NH2+][C@H](C(=O)N(C)C)C3)[C@H](C)[C@H]12.O.O.O. The van der Waals surface area contributed by atoms with Crippen molar-refractivity contribution in [2.24, 2.45) is 11.8 Å². The highest BCUT2D eigenvalue weighted by atomic mass is 32.2. The molecular weight excluding hydrogens is 406 g/mol. The standard InChI is InChI=1S/C17H25N3O5S.3H2O/c1-7-12-11(8(2)21)16(23)20(12)13(17(24)25)14(7)26-9-5-10(18-6-9)15(22)19(3)4;;;/h7-12,18,21H,5-6H2,1-4H3,(H,24,25);3*1H2/t7-,8-,9+,10+,11-,12-;;;/m1.../s1. The van der Waals surface area contributed by atoms with E-state index in [4.69, 9.17) is 0 Å². The van der Waals surface area contributed by atoms with Crippen molar-refractivity contribution < 1.29 is 46.3 Å². The third-order valence-electron chi connectivity index (χ3n) is 5.55. The summed E-state index contributed by atoms with van der Waals surface area (Å²) in [5.74, 6) is -2.41. The van der Waals surface area contributed by atoms with E-state index in [1.807, 2.05) is 12.2 Å². The van der Waals surface area contributed by atoms with Crippen molar-refractivity contribution in [3.63, 3.8) is 0 Å². The van der Waals surface area contributed by atoms with Crippen molar-refractivity contribution in [1.29, 1.82) is 0 Å². The van der Waals surface area contributed by atoms with Gasteiger partial charge in [-0.3, -0.25) is 9.59 Å². The number of aliphatic hydroxyl groups is 1. The van der Waals surface area contributed by atoms with Crippen LogP contribution in [0.4, 0.5) is 0 Å². The maximum atomic E-state index is 12.3. The number of thioether (sulfide) groups is 1. The Hall–Kier alpha value is -1.70. The highest BCUT2D eigenvalue weighted by molar-refractivity contribution is 8.03. The number of likely N-dealkylation sites (N-methyl/N-ethyl adjacent to an activating group) is 1. The Balaban J connectivity index is 0.00000261. The number of aliphatic hydroxyl groups excluding tert-OH is 1. The number of amides is 2. The summed E-state index contributed by atoms with van der Waals surface area (Å²) in [7, 11) is 3.44. The maximum absolute atomic E-state index is 12.3. The summed E-state index contributed by atoms with van der Waals surface area (Å²) in [6.45, 7) is 4.16. The van der Waals surface area contributed by atoms with E-state index in [0.29, 0.717) is 17.9 Å². The average molecular weight is 438 g/mol. The minimum atomic E-state index is -1.36. The second-order valence-corrected chi connectivity index (χ2v) is 8.88. The molecule has 11 nitrogen and oxygen atoms in total. The Kier molecular flexibility index (Phi) is 9.29. The molecule has 0 aliphatic carbocycles. The smallest absolute Gasteiger partial charge is 0.280 e. The van der Waals surface area contributed by atoms with Crippen molar-refractivity contribution in [3.8, 4) is 0 Å². The first-order valence-electron chi connectivity index (χ1n) is 8.83. The molecule has 3 heterocycles. The van der Waals surface area contributed by atoms with Gasteiger partial charge in [0.25, 0.3) is 5.91 Å². The molecule has 0 radical (unpaired) electrons. The molecule has 2 amide bonds. The van der Waals surface area contributed by atoms with E-state index in [2.05, 4.69) is 0 Å². The van der Waals surface area contributed by atoms with Crippen molar-refractivity contribution in [1.82, 2.24) is 9.80 Å². The number of carbonyl (C=O) groups is 3. The highest BCUT2D eigenvalue weighted by Gasteiger charge is 2.59. The number of fused-ring (bicyclic) bond motifs is 1. The molecule has 0 unspecified atom stereocenters. The summed E-state index contributed by atoms with van der Waals surface area (Å²) < 4.78 is 0. The quantitative estimate of drug-likeness (QED) is 0.401. The highest BCUT2D eigenvalue weighted by Crippen LogP contribution is 2.51. The van der Waals surface area contributed by atoms with Gasteiger partial charge in [-0.15, -0.1) is 11.8 Å². The Bertz CT molecular complexity index is 684. The molecule has 0 bridgehead atoms. The van der Waals surface area contributed by atoms with Crippen molar-refractivity contribution >= 4 is 29.5 Å². The van der Waals surface area contributed by atoms with Crippen LogP contribution < -0.4 is 10.4 Å². The lowest BCUT2D eigenvalue weighted by atomic mass is 9.79. The lowest BCUT2D eigenvalue weighted by Gasteiger charge is -2.47. The zero-order valence-corrected chi connectivity index (χ0v) is 17.7. The molecule has 3 aliphatic rings. The lowest BCUT2D eigenvalue weighted by molar-refractivity contribution is -0.657. The van der Waals surface area contributed by atoms with Gasteiger partial charge in [0, 0.05) is 31.3 Å². The molecule has 6 atom stereocenters. The van der Waals surface area contributed by atoms with Crippen molar-refractivity contribution in [3.05, 3.63) is 10.6 Å². The summed E-state index contributed by atoms with van der Waals surface area (Å²) >= 11 is 1.44. The van der Waals surface area contributed by atoms with E-state index in [1.54, 1.807) is 25.9 Å². The third-order valence-corrected chi connectivity index (χ3v) is 7.09. The Labute approximate surface area is 173 Å². The minimum absolute atomic E-state index is 0. The number of hydrogen-bond donors (Lipinski definition) is 2. The summed E-state index contributed by atoms with van der Waals surface area (Å²) in [5, 5.41) is 23.6. The Morgan fingerprint density at radius 3 is 2.38 bits per heavy atom. The zero-order valence-electron chi connectivity index (χ0n) is 16.8. The first-order valence-corrected chi connectivity index (χ1v) is 9.70. The van der Waals surface area contributed by atoms with Gasteiger partial charge in [-0.1, -0.05) is 6.92 Å². The van der Waals surface area contributed by atoms with Crippen LogP contribution in [0.1, 0.15) is 20.3 Å². The first-order chi connectivity index (χ1) is 12.1. The van der Waals surface area contributed by atoms with E-state index < -0.39 is 18.0 Å². The first kappa shape index (κ1) is 27.3. The number of β-lactam (4-membered cyclic amide) rings is 1. The number of carboxylic acid groups (broad SMARTS) is 1. The van der Waals surface area contributed by atoms with Crippen molar-refractivity contribution in [2.45, 2.75) is 43.7 Å². The fourth-order valence-electron chi connectivity index (χ4n) is 4.27. The van der Waals surface area contributed by atoms with Gasteiger partial charge in [0.05, 0.1) is 41.5 Å². The molecule has 0 spiro atoms. The lowest BCUT2D eigenvalue weighted by Crippen LogP contribution is -2.89. The summed E-state index contributed by atoms with van der Waals surface area (Å²) in [6.07, 6.45) is -0.170. The topological polar surface area (TPSA) is 212 Å². The monoisotopic (exact) mass is 437 g/mol. The van der Waals surface area contributed by atoms with E-state index in [1.165, 1.54) is 16.7 Å². The van der Waals surface area contributed by atoms with Crippen LogP contribution in [0.25, 0.3) is 0 Å². The molecule has 29 heavy (non-hydrogen) atoms. The average Bonchev–Trinajstić information content (AvgIpc) is 3.09. The number of nitrogens with two attached hydrogens (primary N) is 1. The molecular formula is C17H31N3O8S. The molecule has 168 valence electrons. The molecule has 0 saturated carbocycles. The van der Waals surface area contributed by atoms with Crippen LogP contribution in [0.3, 0.4) is 0 Å². The number of carboxylic acids is 1. The zero-order chi connectivity index (χ0) is 19.3. The van der Waals surface area contributed by atoms with Gasteiger partial charge in [-0.2, -0.15) is 0 Å². The van der Waals surface area contributed by atoms with Gasteiger partial charge in [0.1, 0.15) is 0 Å². The fraction of sp³-hybridized carbons (Fsp3) is 0.706. The number of carbonyl (C=O) groups excluding carboxylic acids is 3. The van der Waals surface area contributed by atoms with Gasteiger partial charge >= 0.3 is 0 Å². The van der Waals surface area contributed by atoms with Crippen LogP contribution in [-0.4, -0.2) is 93.2 Å². The molecule has 9 N–H and O–H groups in total. The van der Waals surface area contributed by atoms with E-state index in [9.17, 15) is 24.6 Å². The van der Waals surface area contributed by atoms with Crippen LogP contribution in [0.5, 0.6) is 0 Å². The molecule has 0 aromatic rings. The minimum Gasteiger partial charge on any atom is -0.543 e. The predicted molar refractivity (Wildman–Crippen MR) is 103 cm³/mol. The Morgan fingerprint density at radius 1 is 1.31 bits per heavy atom. The molecule has 0 aromatic carbocycles. The second-order valence-electron chi connectivity index (χ2n) is 7.54. The molecule has 2 fully saturated rings. The van der Waals surface area contributed by atoms with Crippen LogP contribution in [0, 0.1) is 11.8 Å². The summed E-state index contributed by atoms with van der Waals surface area (Å²) in [4.78, 5) is 39.6. The second kappa shape index (κ2) is 9.87. The third kappa shape index (κ3) is 4.42. The number of nitrogens with zero attached hydrogens (tertiary/aromatic N) is 2. The van der Waals surface area contributed by atoms with Crippen LogP contribution >= 0.6 is 11.8 Å². The van der Waals surface area contributed by atoms with E-state index >= 15 is 0 Å².